The van der Waals surface area contributed by atoms with E-state index in [1.54, 1.807) is 0 Å². The normalized spacial score (nSPS) is 15.8. The van der Waals surface area contributed by atoms with Crippen molar-refractivity contribution >= 4 is 32.7 Å². The first-order valence-corrected chi connectivity index (χ1v) is 8.24. The number of rotatable bonds is 2. The first kappa shape index (κ1) is 15.7. The molecule has 3 aromatic carbocycles. The van der Waals surface area contributed by atoms with E-state index in [4.69, 9.17) is 0 Å². The summed E-state index contributed by atoms with van der Waals surface area (Å²) in [6, 6.07) is 15.9. The minimum atomic E-state index is 0. The van der Waals surface area contributed by atoms with Gasteiger partial charge in [-0.25, -0.2) is 0 Å². The van der Waals surface area contributed by atoms with Gasteiger partial charge < -0.3 is 0 Å². The molecular weight excluding hydrogens is 367 g/mol. The maximum atomic E-state index is 2.35. The molecule has 0 bridgehead atoms. The topological polar surface area (TPSA) is 0 Å². The minimum absolute atomic E-state index is 0. The van der Waals surface area contributed by atoms with Gasteiger partial charge in [-0.3, -0.25) is 0 Å². The van der Waals surface area contributed by atoms with Crippen molar-refractivity contribution in [2.45, 2.75) is 12.8 Å². The molecule has 5 rings (SSSR count). The van der Waals surface area contributed by atoms with Crippen LogP contribution in [-0.4, -0.2) is 0 Å². The molecule has 1 heteroatoms. The Kier molecular flexibility index (Phi) is 4.06. The van der Waals surface area contributed by atoms with Gasteiger partial charge in [0.15, 0.2) is 0 Å². The summed E-state index contributed by atoms with van der Waals surface area (Å²) in [6.45, 7) is 0. The van der Waals surface area contributed by atoms with Gasteiger partial charge in [0.05, 0.1) is 0 Å². The Bertz CT molecular complexity index is 1050. The van der Waals surface area contributed by atoms with Gasteiger partial charge in [-0.15, -0.1) is 39.7 Å². The standard InChI is InChI=1S/C23H17.Zr/c1-2-7-16(6-1)18-12-13-22-20(14-18)15-19-10-5-11-21(23(19)22)17-8-3-4-9-17;/h1-6,8,10-15H,7,9H2;/q-1;. The summed E-state index contributed by atoms with van der Waals surface area (Å²) in [6.07, 6.45) is 15.3. The molecule has 2 aliphatic rings. The summed E-state index contributed by atoms with van der Waals surface area (Å²) in [5, 5.41) is 5.48. The number of benzene rings is 2. The van der Waals surface area contributed by atoms with Crippen LogP contribution in [-0.2, 0) is 26.2 Å². The third-order valence-electron chi connectivity index (χ3n) is 4.99. The van der Waals surface area contributed by atoms with E-state index in [0.717, 1.165) is 12.8 Å². The molecule has 0 N–H and O–H groups in total. The molecule has 0 saturated heterocycles. The van der Waals surface area contributed by atoms with Crippen molar-refractivity contribution in [1.29, 1.82) is 0 Å². The van der Waals surface area contributed by atoms with Crippen LogP contribution in [0.25, 0.3) is 32.7 Å². The molecule has 0 spiro atoms. The monoisotopic (exact) mass is 383 g/mol. The fraction of sp³-hybridized carbons (Fsp3) is 0.0870. The van der Waals surface area contributed by atoms with E-state index in [-0.39, 0.29) is 26.2 Å². The molecule has 0 saturated carbocycles. The summed E-state index contributed by atoms with van der Waals surface area (Å²) in [7, 11) is 0. The molecule has 0 radical (unpaired) electrons. The smallest absolute Gasteiger partial charge is 0 e. The van der Waals surface area contributed by atoms with Crippen LogP contribution in [0.5, 0.6) is 0 Å². The van der Waals surface area contributed by atoms with E-state index in [9.17, 15) is 0 Å². The fourth-order valence-electron chi connectivity index (χ4n) is 3.84. The second-order valence-electron chi connectivity index (χ2n) is 6.36. The van der Waals surface area contributed by atoms with Crippen molar-refractivity contribution in [3.63, 3.8) is 0 Å². The van der Waals surface area contributed by atoms with E-state index in [0.29, 0.717) is 0 Å². The molecular formula is C23H17Zr-. The van der Waals surface area contributed by atoms with Crippen LogP contribution in [0.3, 0.4) is 0 Å². The van der Waals surface area contributed by atoms with Crippen LogP contribution >= 0.6 is 0 Å². The first-order chi connectivity index (χ1) is 11.4. The summed E-state index contributed by atoms with van der Waals surface area (Å²) < 4.78 is 0. The van der Waals surface area contributed by atoms with Crippen LogP contribution < -0.4 is 0 Å². The molecule has 3 aromatic rings. The molecule has 0 atom stereocenters. The van der Waals surface area contributed by atoms with Gasteiger partial charge in [-0.1, -0.05) is 71.8 Å². The van der Waals surface area contributed by atoms with Crippen molar-refractivity contribution in [2.24, 2.45) is 0 Å². The fourth-order valence-corrected chi connectivity index (χ4v) is 3.84. The van der Waals surface area contributed by atoms with E-state index < -0.39 is 0 Å². The minimum Gasteiger partial charge on any atom is -0.126 e. The second-order valence-corrected chi connectivity index (χ2v) is 6.36. The molecule has 0 heterocycles. The number of allylic oxidation sites excluding steroid dienone is 8. The maximum absolute atomic E-state index is 2.35. The van der Waals surface area contributed by atoms with E-state index in [2.05, 4.69) is 78.9 Å². The maximum Gasteiger partial charge on any atom is 0 e. The number of hydrogen-bond donors (Lipinski definition) is 0. The molecule has 0 aliphatic heterocycles. The predicted octanol–water partition coefficient (Wildman–Crippen LogP) is 6.40. The SMILES string of the molecule is C1=CCC(c2ccc3c(c2)[cH-]c2cccc(C4=CC=CC4)c23)=C1.[Zr]. The van der Waals surface area contributed by atoms with Gasteiger partial charge in [-0.05, 0) is 24.0 Å². The van der Waals surface area contributed by atoms with Crippen molar-refractivity contribution in [3.05, 3.63) is 90.0 Å². The van der Waals surface area contributed by atoms with E-state index in [1.807, 2.05) is 0 Å². The average molecular weight is 385 g/mol. The quantitative estimate of drug-likeness (QED) is 0.449. The van der Waals surface area contributed by atoms with Gasteiger partial charge in [0.2, 0.25) is 0 Å². The van der Waals surface area contributed by atoms with E-state index in [1.165, 1.54) is 43.8 Å². The Morgan fingerprint density at radius 2 is 1.58 bits per heavy atom. The van der Waals surface area contributed by atoms with Gasteiger partial charge >= 0.3 is 0 Å². The molecule has 24 heavy (non-hydrogen) atoms. The third-order valence-corrected chi connectivity index (χ3v) is 4.99. The number of hydrogen-bond acceptors (Lipinski definition) is 0. The zero-order chi connectivity index (χ0) is 15.2. The second kappa shape index (κ2) is 6.22. The molecule has 114 valence electrons. The summed E-state index contributed by atoms with van der Waals surface area (Å²) in [5.41, 5.74) is 5.58. The molecule has 2 aliphatic carbocycles. The molecule has 0 nitrogen and oxygen atoms in total. The summed E-state index contributed by atoms with van der Waals surface area (Å²) in [5.74, 6) is 0. The Morgan fingerprint density at radius 3 is 2.33 bits per heavy atom. The van der Waals surface area contributed by atoms with E-state index >= 15 is 0 Å². The van der Waals surface area contributed by atoms with Crippen LogP contribution in [0.4, 0.5) is 0 Å². The van der Waals surface area contributed by atoms with Crippen molar-refractivity contribution in [2.75, 3.05) is 0 Å². The molecule has 0 amide bonds. The van der Waals surface area contributed by atoms with Crippen molar-refractivity contribution < 1.29 is 26.2 Å². The zero-order valence-corrected chi connectivity index (χ0v) is 15.9. The summed E-state index contributed by atoms with van der Waals surface area (Å²) >= 11 is 0. The number of fused-ring (bicyclic) bond motifs is 3. The molecule has 0 unspecified atom stereocenters. The van der Waals surface area contributed by atoms with Crippen molar-refractivity contribution in [3.8, 4) is 0 Å². The van der Waals surface area contributed by atoms with Crippen molar-refractivity contribution in [1.82, 2.24) is 0 Å². The summed E-state index contributed by atoms with van der Waals surface area (Å²) in [4.78, 5) is 0. The Morgan fingerprint density at radius 1 is 0.792 bits per heavy atom. The Hall–Kier alpha value is -1.85. The predicted molar refractivity (Wildman–Crippen MR) is 101 cm³/mol. The van der Waals surface area contributed by atoms with Gasteiger partial charge in [-0.2, -0.15) is 0 Å². The third kappa shape index (κ3) is 2.43. The van der Waals surface area contributed by atoms with Crippen LogP contribution in [0, 0.1) is 0 Å². The first-order valence-electron chi connectivity index (χ1n) is 8.24. The zero-order valence-electron chi connectivity index (χ0n) is 13.4. The molecule has 0 fully saturated rings. The van der Waals surface area contributed by atoms with Crippen LogP contribution in [0.15, 0.2) is 78.9 Å². The van der Waals surface area contributed by atoms with Crippen LogP contribution in [0.2, 0.25) is 0 Å². The Balaban J connectivity index is 0.00000146. The Labute approximate surface area is 161 Å². The van der Waals surface area contributed by atoms with Gasteiger partial charge in [0.25, 0.3) is 0 Å². The largest absolute Gasteiger partial charge is 0.126 e. The van der Waals surface area contributed by atoms with Gasteiger partial charge in [0, 0.05) is 26.2 Å². The van der Waals surface area contributed by atoms with Crippen LogP contribution in [0.1, 0.15) is 24.0 Å². The average Bonchev–Trinajstić information content (AvgIpc) is 3.32. The van der Waals surface area contributed by atoms with Gasteiger partial charge in [0.1, 0.15) is 0 Å². The molecule has 0 aromatic heterocycles.